The van der Waals surface area contributed by atoms with Crippen LogP contribution in [0.2, 0.25) is 0 Å². The van der Waals surface area contributed by atoms with Crippen LogP contribution in [0.1, 0.15) is 31.4 Å². The van der Waals surface area contributed by atoms with Crippen molar-refractivity contribution in [3.05, 3.63) is 29.8 Å². The van der Waals surface area contributed by atoms with E-state index in [1.54, 1.807) is 7.11 Å². The summed E-state index contributed by atoms with van der Waals surface area (Å²) in [6, 6.07) is 7.45. The summed E-state index contributed by atoms with van der Waals surface area (Å²) < 4.78 is 41.1. The van der Waals surface area contributed by atoms with Crippen LogP contribution in [0.25, 0.3) is 0 Å². The van der Waals surface area contributed by atoms with Gasteiger partial charge in [0.15, 0.2) is 0 Å². The second kappa shape index (κ2) is 6.64. The van der Waals surface area contributed by atoms with E-state index in [1.807, 2.05) is 31.2 Å². The molecule has 0 bridgehead atoms. The number of halogens is 3. The van der Waals surface area contributed by atoms with E-state index < -0.39 is 12.6 Å². The fourth-order valence-electron chi connectivity index (χ4n) is 1.74. The summed E-state index contributed by atoms with van der Waals surface area (Å²) in [7, 11) is 1.58. The molecule has 0 spiro atoms. The van der Waals surface area contributed by atoms with E-state index in [9.17, 15) is 13.2 Å². The number of hydrogen-bond donors (Lipinski definition) is 1. The van der Waals surface area contributed by atoms with E-state index in [-0.39, 0.29) is 12.5 Å². The summed E-state index contributed by atoms with van der Waals surface area (Å²) in [6.45, 7) is 2.24. The second-order valence-electron chi connectivity index (χ2n) is 4.14. The van der Waals surface area contributed by atoms with Crippen LogP contribution < -0.4 is 10.1 Å². The van der Waals surface area contributed by atoms with Crippen molar-refractivity contribution >= 4 is 0 Å². The third-order valence-electron chi connectivity index (χ3n) is 2.69. The Morgan fingerprint density at radius 2 is 1.94 bits per heavy atom. The highest BCUT2D eigenvalue weighted by Gasteiger charge is 2.26. The van der Waals surface area contributed by atoms with Crippen molar-refractivity contribution in [2.45, 2.75) is 32.0 Å². The average molecular weight is 261 g/mol. The van der Waals surface area contributed by atoms with Gasteiger partial charge in [0.05, 0.1) is 7.11 Å². The van der Waals surface area contributed by atoms with Gasteiger partial charge in [-0.3, -0.25) is 0 Å². The van der Waals surface area contributed by atoms with Gasteiger partial charge in [0.2, 0.25) is 0 Å². The fraction of sp³-hybridized carbons (Fsp3) is 0.538. The zero-order valence-corrected chi connectivity index (χ0v) is 10.6. The van der Waals surface area contributed by atoms with E-state index in [1.165, 1.54) is 0 Å². The highest BCUT2D eigenvalue weighted by atomic mass is 19.4. The number of methoxy groups -OCH3 is 1. The van der Waals surface area contributed by atoms with Crippen molar-refractivity contribution in [2.75, 3.05) is 13.7 Å². The maximum Gasteiger partial charge on any atom is 0.389 e. The minimum absolute atomic E-state index is 0.0330. The summed E-state index contributed by atoms with van der Waals surface area (Å²) in [4.78, 5) is 0. The van der Waals surface area contributed by atoms with Crippen LogP contribution >= 0.6 is 0 Å². The molecule has 0 aliphatic heterocycles. The molecule has 1 aromatic rings. The molecular formula is C13H18F3NO. The van der Waals surface area contributed by atoms with Crippen molar-refractivity contribution in [2.24, 2.45) is 0 Å². The van der Waals surface area contributed by atoms with Gasteiger partial charge < -0.3 is 10.1 Å². The predicted molar refractivity (Wildman–Crippen MR) is 64.7 cm³/mol. The van der Waals surface area contributed by atoms with Gasteiger partial charge in [0, 0.05) is 18.0 Å². The van der Waals surface area contributed by atoms with Crippen LogP contribution in [0.4, 0.5) is 13.2 Å². The Morgan fingerprint density at radius 1 is 1.28 bits per heavy atom. The van der Waals surface area contributed by atoms with E-state index >= 15 is 0 Å². The Bertz CT molecular complexity index is 365. The standard InChI is InChI=1S/C13H18F3NO/c1-10(17-9-5-8-13(14,15)16)11-6-3-4-7-12(11)18-2/h3-4,6-7,10,17H,5,8-9H2,1-2H3/t10-/m1/s1. The maximum absolute atomic E-state index is 12.0. The molecule has 0 radical (unpaired) electrons. The Labute approximate surface area is 105 Å². The third kappa shape index (κ3) is 4.96. The first-order valence-corrected chi connectivity index (χ1v) is 5.87. The molecule has 5 heteroatoms. The summed E-state index contributed by atoms with van der Waals surface area (Å²) in [5.74, 6) is 0.744. The van der Waals surface area contributed by atoms with Gasteiger partial charge in [-0.1, -0.05) is 18.2 Å². The van der Waals surface area contributed by atoms with Crippen molar-refractivity contribution < 1.29 is 17.9 Å². The molecule has 1 N–H and O–H groups in total. The largest absolute Gasteiger partial charge is 0.496 e. The molecule has 18 heavy (non-hydrogen) atoms. The molecule has 0 fully saturated rings. The molecule has 0 unspecified atom stereocenters. The Hall–Kier alpha value is -1.23. The highest BCUT2D eigenvalue weighted by molar-refractivity contribution is 5.35. The lowest BCUT2D eigenvalue weighted by Gasteiger charge is -2.17. The first kappa shape index (κ1) is 14.8. The summed E-state index contributed by atoms with van der Waals surface area (Å²) in [5.41, 5.74) is 0.951. The first-order chi connectivity index (χ1) is 8.44. The van der Waals surface area contributed by atoms with Crippen molar-refractivity contribution in [1.82, 2.24) is 5.32 Å². The molecular weight excluding hydrogens is 243 g/mol. The number of rotatable bonds is 6. The monoisotopic (exact) mass is 261 g/mol. The van der Waals surface area contributed by atoms with Gasteiger partial charge >= 0.3 is 6.18 Å². The van der Waals surface area contributed by atoms with E-state index in [4.69, 9.17) is 4.74 Å². The molecule has 0 saturated carbocycles. The van der Waals surface area contributed by atoms with E-state index in [0.717, 1.165) is 11.3 Å². The van der Waals surface area contributed by atoms with E-state index in [0.29, 0.717) is 6.54 Å². The van der Waals surface area contributed by atoms with Crippen LogP contribution in [-0.4, -0.2) is 19.8 Å². The molecule has 1 rings (SSSR count). The number of benzene rings is 1. The van der Waals surface area contributed by atoms with Crippen LogP contribution in [0.3, 0.4) is 0 Å². The Morgan fingerprint density at radius 3 is 2.56 bits per heavy atom. The van der Waals surface area contributed by atoms with Crippen LogP contribution in [0.15, 0.2) is 24.3 Å². The van der Waals surface area contributed by atoms with Crippen molar-refractivity contribution in [3.8, 4) is 5.75 Å². The average Bonchev–Trinajstić information content (AvgIpc) is 2.33. The lowest BCUT2D eigenvalue weighted by Crippen LogP contribution is -2.22. The van der Waals surface area contributed by atoms with Crippen LogP contribution in [-0.2, 0) is 0 Å². The molecule has 0 amide bonds. The number of alkyl halides is 3. The number of ether oxygens (including phenoxy) is 1. The fourth-order valence-corrected chi connectivity index (χ4v) is 1.74. The van der Waals surface area contributed by atoms with Gasteiger partial charge in [0.25, 0.3) is 0 Å². The Balaban J connectivity index is 2.43. The predicted octanol–water partition coefficient (Wildman–Crippen LogP) is 3.69. The van der Waals surface area contributed by atoms with E-state index in [2.05, 4.69) is 5.32 Å². The van der Waals surface area contributed by atoms with Crippen LogP contribution in [0, 0.1) is 0 Å². The van der Waals surface area contributed by atoms with Gasteiger partial charge in [-0.2, -0.15) is 13.2 Å². The minimum Gasteiger partial charge on any atom is -0.496 e. The quantitative estimate of drug-likeness (QED) is 0.788. The zero-order valence-electron chi connectivity index (χ0n) is 10.6. The number of hydrogen-bond acceptors (Lipinski definition) is 2. The summed E-state index contributed by atoms with van der Waals surface area (Å²) in [5, 5.41) is 3.07. The second-order valence-corrected chi connectivity index (χ2v) is 4.14. The van der Waals surface area contributed by atoms with Crippen molar-refractivity contribution in [1.29, 1.82) is 0 Å². The van der Waals surface area contributed by atoms with Gasteiger partial charge in [-0.15, -0.1) is 0 Å². The molecule has 102 valence electrons. The lowest BCUT2D eigenvalue weighted by atomic mass is 10.1. The molecule has 0 aliphatic rings. The first-order valence-electron chi connectivity index (χ1n) is 5.87. The summed E-state index contributed by atoms with van der Waals surface area (Å²) in [6.07, 6.45) is -4.74. The number of para-hydroxylation sites is 1. The lowest BCUT2D eigenvalue weighted by molar-refractivity contribution is -0.135. The SMILES string of the molecule is COc1ccccc1[C@@H](C)NCCCC(F)(F)F. The summed E-state index contributed by atoms with van der Waals surface area (Å²) >= 11 is 0. The van der Waals surface area contributed by atoms with Crippen molar-refractivity contribution in [3.63, 3.8) is 0 Å². The molecule has 1 atom stereocenters. The molecule has 1 aromatic carbocycles. The number of nitrogens with one attached hydrogen (secondary N) is 1. The van der Waals surface area contributed by atoms with Crippen LogP contribution in [0.5, 0.6) is 5.75 Å². The maximum atomic E-state index is 12.0. The normalized spacial score (nSPS) is 13.4. The molecule has 2 nitrogen and oxygen atoms in total. The van der Waals surface area contributed by atoms with Gasteiger partial charge in [-0.25, -0.2) is 0 Å². The third-order valence-corrected chi connectivity index (χ3v) is 2.69. The molecule has 0 heterocycles. The van der Waals surface area contributed by atoms with Gasteiger partial charge in [0.1, 0.15) is 5.75 Å². The Kier molecular flexibility index (Phi) is 5.47. The zero-order chi connectivity index (χ0) is 13.6. The molecule has 0 saturated heterocycles. The topological polar surface area (TPSA) is 21.3 Å². The smallest absolute Gasteiger partial charge is 0.389 e. The highest BCUT2D eigenvalue weighted by Crippen LogP contribution is 2.25. The molecule has 0 aromatic heterocycles. The van der Waals surface area contributed by atoms with Gasteiger partial charge in [-0.05, 0) is 26.0 Å². The minimum atomic E-state index is -4.07. The molecule has 0 aliphatic carbocycles.